The van der Waals surface area contributed by atoms with Gasteiger partial charge in [-0.15, -0.1) is 0 Å². The number of nitrogens with zero attached hydrogens (tertiary/aromatic N) is 1. The second-order valence-corrected chi connectivity index (χ2v) is 5.71. The Bertz CT molecular complexity index is 492. The molecule has 2 aliphatic rings. The Morgan fingerprint density at radius 2 is 1.74 bits per heavy atom. The average Bonchev–Trinajstić information content (AvgIpc) is 2.33. The first-order valence-electron chi connectivity index (χ1n) is 6.92. The number of hydrogen-bond donors (Lipinski definition) is 0. The highest BCUT2D eigenvalue weighted by Crippen LogP contribution is 2.51. The Morgan fingerprint density at radius 1 is 1.11 bits per heavy atom. The Hall–Kier alpha value is -1.37. The number of nitriles is 1. The summed E-state index contributed by atoms with van der Waals surface area (Å²) in [5.74, 6) is 0. The van der Waals surface area contributed by atoms with E-state index >= 15 is 0 Å². The van der Waals surface area contributed by atoms with Crippen LogP contribution in [0, 0.1) is 16.7 Å². The Morgan fingerprint density at radius 3 is 2.11 bits per heavy atom. The van der Waals surface area contributed by atoms with E-state index in [4.69, 9.17) is 9.47 Å². The fraction of sp³-hybridized carbons (Fsp3) is 0.562. The smallest absolute Gasteiger partial charge is 0.118 e. The van der Waals surface area contributed by atoms with E-state index in [2.05, 4.69) is 37.3 Å². The molecule has 0 N–H and O–H groups in total. The van der Waals surface area contributed by atoms with Crippen LogP contribution in [0.5, 0.6) is 0 Å². The van der Waals surface area contributed by atoms with Crippen molar-refractivity contribution < 1.29 is 9.47 Å². The zero-order valence-electron chi connectivity index (χ0n) is 11.3. The highest BCUT2D eigenvalue weighted by atomic mass is 16.5. The number of rotatable bonds is 4. The molecule has 2 heterocycles. The molecule has 2 fully saturated rings. The first-order chi connectivity index (χ1) is 9.26. The van der Waals surface area contributed by atoms with Crippen LogP contribution in [-0.2, 0) is 21.3 Å². The molecule has 19 heavy (non-hydrogen) atoms. The van der Waals surface area contributed by atoms with Crippen molar-refractivity contribution in [2.75, 3.05) is 26.4 Å². The van der Waals surface area contributed by atoms with Crippen LogP contribution < -0.4 is 0 Å². The minimum Gasteiger partial charge on any atom is -0.379 e. The number of benzene rings is 1. The standard InChI is InChI=1S/C16H19NO2/c1-2-3-13-4-6-14(7-5-13)16(11-19-12-16)15(8-17)9-18-10-15/h4-7H,2-3,9-12H2,1H3. The maximum absolute atomic E-state index is 9.55. The van der Waals surface area contributed by atoms with Crippen LogP contribution in [0.1, 0.15) is 24.5 Å². The summed E-state index contributed by atoms with van der Waals surface area (Å²) in [7, 11) is 0. The van der Waals surface area contributed by atoms with Crippen molar-refractivity contribution in [3.8, 4) is 6.07 Å². The van der Waals surface area contributed by atoms with Gasteiger partial charge in [-0.2, -0.15) is 5.26 Å². The molecule has 1 aromatic carbocycles. The maximum atomic E-state index is 9.55. The summed E-state index contributed by atoms with van der Waals surface area (Å²) >= 11 is 0. The first-order valence-corrected chi connectivity index (χ1v) is 6.92. The molecule has 2 saturated heterocycles. The molecular formula is C16H19NO2. The molecule has 3 rings (SSSR count). The van der Waals surface area contributed by atoms with E-state index in [0.29, 0.717) is 26.4 Å². The van der Waals surface area contributed by atoms with Gasteiger partial charge in [0.1, 0.15) is 5.41 Å². The van der Waals surface area contributed by atoms with Gasteiger partial charge >= 0.3 is 0 Å². The summed E-state index contributed by atoms with van der Waals surface area (Å²) in [6.45, 7) is 4.52. The number of ether oxygens (including phenoxy) is 2. The number of hydrogen-bond acceptors (Lipinski definition) is 3. The van der Waals surface area contributed by atoms with E-state index in [-0.39, 0.29) is 5.41 Å². The molecule has 0 aromatic heterocycles. The van der Waals surface area contributed by atoms with Gasteiger partial charge in [-0.1, -0.05) is 37.6 Å². The van der Waals surface area contributed by atoms with Gasteiger partial charge in [-0.25, -0.2) is 0 Å². The topological polar surface area (TPSA) is 42.2 Å². The minimum atomic E-state index is -0.391. The highest BCUT2D eigenvalue weighted by Gasteiger charge is 2.61. The fourth-order valence-electron chi connectivity index (χ4n) is 3.06. The lowest BCUT2D eigenvalue weighted by atomic mass is 9.58. The van der Waals surface area contributed by atoms with Crippen molar-refractivity contribution in [3.05, 3.63) is 35.4 Å². The summed E-state index contributed by atoms with van der Waals surface area (Å²) in [6, 6.07) is 11.2. The van der Waals surface area contributed by atoms with Gasteiger partial charge in [-0.3, -0.25) is 0 Å². The molecule has 1 aromatic rings. The van der Waals surface area contributed by atoms with Crippen LogP contribution in [0.3, 0.4) is 0 Å². The Balaban J connectivity index is 1.92. The molecule has 0 spiro atoms. The summed E-state index contributed by atoms with van der Waals surface area (Å²) in [5.41, 5.74) is 2.03. The largest absolute Gasteiger partial charge is 0.379 e. The Kier molecular flexibility index (Phi) is 3.08. The van der Waals surface area contributed by atoms with E-state index in [1.807, 2.05) is 0 Å². The van der Waals surface area contributed by atoms with Crippen molar-refractivity contribution in [1.82, 2.24) is 0 Å². The lowest BCUT2D eigenvalue weighted by Crippen LogP contribution is -2.66. The van der Waals surface area contributed by atoms with Gasteiger partial charge in [0.05, 0.1) is 37.9 Å². The molecule has 0 aliphatic carbocycles. The van der Waals surface area contributed by atoms with Gasteiger partial charge in [0.2, 0.25) is 0 Å². The first kappa shape index (κ1) is 12.7. The summed E-state index contributed by atoms with van der Waals surface area (Å²) in [5, 5.41) is 9.55. The van der Waals surface area contributed by atoms with Crippen molar-refractivity contribution in [1.29, 1.82) is 5.26 Å². The predicted octanol–water partition coefficient (Wildman–Crippen LogP) is 2.45. The quantitative estimate of drug-likeness (QED) is 0.832. The van der Waals surface area contributed by atoms with Crippen LogP contribution in [0.2, 0.25) is 0 Å². The third-order valence-corrected chi connectivity index (χ3v) is 4.57. The molecule has 0 bridgehead atoms. The maximum Gasteiger partial charge on any atom is 0.118 e. The normalized spacial score (nSPS) is 22.9. The third kappa shape index (κ3) is 1.71. The van der Waals surface area contributed by atoms with Crippen LogP contribution in [-0.4, -0.2) is 26.4 Å². The molecule has 2 aliphatic heterocycles. The van der Waals surface area contributed by atoms with Crippen LogP contribution >= 0.6 is 0 Å². The van der Waals surface area contributed by atoms with E-state index in [9.17, 15) is 5.26 Å². The zero-order valence-corrected chi connectivity index (χ0v) is 11.3. The van der Waals surface area contributed by atoms with Gasteiger partial charge in [0.15, 0.2) is 0 Å². The van der Waals surface area contributed by atoms with E-state index < -0.39 is 5.41 Å². The van der Waals surface area contributed by atoms with Gasteiger partial charge in [0.25, 0.3) is 0 Å². The second-order valence-electron chi connectivity index (χ2n) is 5.71. The second kappa shape index (κ2) is 4.63. The van der Waals surface area contributed by atoms with Crippen molar-refractivity contribution in [2.45, 2.75) is 25.2 Å². The SMILES string of the molecule is CCCc1ccc(C2(C3(C#N)COC3)COC2)cc1. The lowest BCUT2D eigenvalue weighted by molar-refractivity contribution is -0.201. The molecule has 0 amide bonds. The van der Waals surface area contributed by atoms with Crippen LogP contribution in [0.15, 0.2) is 24.3 Å². The highest BCUT2D eigenvalue weighted by molar-refractivity contribution is 5.38. The summed E-state index contributed by atoms with van der Waals surface area (Å²) in [6.07, 6.45) is 2.26. The molecule has 0 radical (unpaired) electrons. The van der Waals surface area contributed by atoms with Crippen LogP contribution in [0.25, 0.3) is 0 Å². The number of aryl methyl sites for hydroxylation is 1. The molecule has 3 nitrogen and oxygen atoms in total. The van der Waals surface area contributed by atoms with Crippen molar-refractivity contribution >= 4 is 0 Å². The van der Waals surface area contributed by atoms with Crippen molar-refractivity contribution in [2.24, 2.45) is 5.41 Å². The van der Waals surface area contributed by atoms with Crippen LogP contribution in [0.4, 0.5) is 0 Å². The van der Waals surface area contributed by atoms with E-state index in [0.717, 1.165) is 12.8 Å². The monoisotopic (exact) mass is 257 g/mol. The Labute approximate surface area is 114 Å². The van der Waals surface area contributed by atoms with E-state index in [1.165, 1.54) is 11.1 Å². The lowest BCUT2D eigenvalue weighted by Gasteiger charge is -2.55. The van der Waals surface area contributed by atoms with Gasteiger partial charge in [-0.05, 0) is 17.5 Å². The molecular weight excluding hydrogens is 238 g/mol. The van der Waals surface area contributed by atoms with Gasteiger partial charge < -0.3 is 9.47 Å². The van der Waals surface area contributed by atoms with Gasteiger partial charge in [0, 0.05) is 0 Å². The molecule has 0 unspecified atom stereocenters. The summed E-state index contributed by atoms with van der Waals surface area (Å²) < 4.78 is 10.8. The average molecular weight is 257 g/mol. The molecule has 0 saturated carbocycles. The molecule has 0 atom stereocenters. The summed E-state index contributed by atoms with van der Waals surface area (Å²) in [4.78, 5) is 0. The third-order valence-electron chi connectivity index (χ3n) is 4.57. The molecule has 100 valence electrons. The zero-order chi connectivity index (χ0) is 13.3. The fourth-order valence-corrected chi connectivity index (χ4v) is 3.06. The van der Waals surface area contributed by atoms with E-state index in [1.54, 1.807) is 0 Å². The molecule has 3 heteroatoms. The van der Waals surface area contributed by atoms with Crippen molar-refractivity contribution in [3.63, 3.8) is 0 Å². The predicted molar refractivity (Wildman–Crippen MR) is 71.8 cm³/mol. The minimum absolute atomic E-state index is 0.162.